The number of aryl methyl sites for hydroxylation is 3. The summed E-state index contributed by atoms with van der Waals surface area (Å²) in [5.41, 5.74) is 5.84. The van der Waals surface area contributed by atoms with Crippen LogP contribution in [0.15, 0.2) is 36.4 Å². The van der Waals surface area contributed by atoms with Crippen LogP contribution >= 0.6 is 23.6 Å². The number of hydrogen-bond donors (Lipinski definition) is 2. The number of fused-ring (bicyclic) bond motifs is 1. The molecule has 0 aliphatic carbocycles. The van der Waals surface area contributed by atoms with Crippen molar-refractivity contribution >= 4 is 49.7 Å². The van der Waals surface area contributed by atoms with E-state index in [4.69, 9.17) is 12.2 Å². The molecule has 0 aliphatic rings. The molecule has 3 aromatic rings. The van der Waals surface area contributed by atoms with E-state index in [-0.39, 0.29) is 0 Å². The Morgan fingerprint density at radius 1 is 1.09 bits per heavy atom. The fourth-order valence-electron chi connectivity index (χ4n) is 2.32. The van der Waals surface area contributed by atoms with Gasteiger partial charge in [0.2, 0.25) is 0 Å². The third-order valence-electron chi connectivity index (χ3n) is 3.84. The molecule has 0 amide bonds. The highest BCUT2D eigenvalue weighted by molar-refractivity contribution is 7.80. The van der Waals surface area contributed by atoms with Crippen molar-refractivity contribution in [1.82, 2.24) is 4.98 Å². The number of anilines is 2. The van der Waals surface area contributed by atoms with Gasteiger partial charge in [0.15, 0.2) is 10.2 Å². The molecule has 3 rings (SSSR count). The molecule has 1 heterocycles. The van der Waals surface area contributed by atoms with Gasteiger partial charge in [0.05, 0.1) is 10.2 Å². The van der Waals surface area contributed by atoms with E-state index in [1.165, 1.54) is 21.4 Å². The largest absolute Gasteiger partial charge is 0.332 e. The Hall–Kier alpha value is -1.98. The molecule has 0 saturated carbocycles. The van der Waals surface area contributed by atoms with Crippen molar-refractivity contribution in [1.29, 1.82) is 0 Å². The second kappa shape index (κ2) is 6.64. The lowest BCUT2D eigenvalue weighted by Crippen LogP contribution is -2.18. The van der Waals surface area contributed by atoms with E-state index in [9.17, 15) is 0 Å². The molecule has 2 aromatic carbocycles. The molecule has 0 fully saturated rings. The van der Waals surface area contributed by atoms with Gasteiger partial charge in [-0.3, -0.25) is 0 Å². The van der Waals surface area contributed by atoms with Gasteiger partial charge in [0.1, 0.15) is 0 Å². The predicted octanol–water partition coefficient (Wildman–Crippen LogP) is 5.28. The van der Waals surface area contributed by atoms with Crippen LogP contribution in [0, 0.1) is 13.8 Å². The maximum Gasteiger partial charge on any atom is 0.190 e. The SMILES string of the molecule is CCc1ccc(NC(=S)Nc2nc3cc(C)c(C)cc3s2)cc1. The van der Waals surface area contributed by atoms with E-state index in [0.717, 1.165) is 22.8 Å². The molecule has 2 N–H and O–H groups in total. The number of thiazole rings is 1. The predicted molar refractivity (Wildman–Crippen MR) is 105 cm³/mol. The zero-order valence-electron chi connectivity index (χ0n) is 13.4. The average Bonchev–Trinajstić information content (AvgIpc) is 2.89. The zero-order valence-corrected chi connectivity index (χ0v) is 15.1. The van der Waals surface area contributed by atoms with Crippen LogP contribution in [0.3, 0.4) is 0 Å². The van der Waals surface area contributed by atoms with Crippen LogP contribution in [0.5, 0.6) is 0 Å². The summed E-state index contributed by atoms with van der Waals surface area (Å²) in [6.07, 6.45) is 1.04. The summed E-state index contributed by atoms with van der Waals surface area (Å²) in [5.74, 6) is 0. The Kier molecular flexibility index (Phi) is 4.59. The molecule has 3 nitrogen and oxygen atoms in total. The molecule has 0 radical (unpaired) electrons. The highest BCUT2D eigenvalue weighted by Crippen LogP contribution is 2.28. The van der Waals surface area contributed by atoms with Crippen LogP contribution in [0.2, 0.25) is 0 Å². The first-order chi connectivity index (χ1) is 11.0. The molecular weight excluding hydrogens is 322 g/mol. The van der Waals surface area contributed by atoms with Gasteiger partial charge in [-0.25, -0.2) is 4.98 Å². The molecule has 0 spiro atoms. The fourth-order valence-corrected chi connectivity index (χ4v) is 3.55. The minimum Gasteiger partial charge on any atom is -0.332 e. The van der Waals surface area contributed by atoms with Gasteiger partial charge < -0.3 is 10.6 Å². The van der Waals surface area contributed by atoms with E-state index in [1.807, 2.05) is 12.1 Å². The highest BCUT2D eigenvalue weighted by Gasteiger charge is 2.07. The van der Waals surface area contributed by atoms with Gasteiger partial charge in [-0.05, 0) is 73.4 Å². The summed E-state index contributed by atoms with van der Waals surface area (Å²) < 4.78 is 1.17. The van der Waals surface area contributed by atoms with Crippen molar-refractivity contribution < 1.29 is 0 Å². The number of aromatic nitrogens is 1. The lowest BCUT2D eigenvalue weighted by molar-refractivity contribution is 1.14. The number of hydrogen-bond acceptors (Lipinski definition) is 3. The van der Waals surface area contributed by atoms with Crippen LogP contribution in [-0.2, 0) is 6.42 Å². The third-order valence-corrected chi connectivity index (χ3v) is 4.98. The van der Waals surface area contributed by atoms with Crippen molar-refractivity contribution in [3.8, 4) is 0 Å². The maximum absolute atomic E-state index is 5.38. The number of rotatable bonds is 3. The number of nitrogens with one attached hydrogen (secondary N) is 2. The minimum atomic E-state index is 0.557. The molecule has 0 unspecified atom stereocenters. The van der Waals surface area contributed by atoms with Crippen LogP contribution in [0.25, 0.3) is 10.2 Å². The van der Waals surface area contributed by atoms with Crippen LogP contribution in [0.4, 0.5) is 10.8 Å². The van der Waals surface area contributed by atoms with Gasteiger partial charge in [-0.15, -0.1) is 0 Å². The van der Waals surface area contributed by atoms with Crippen molar-refractivity contribution in [2.24, 2.45) is 0 Å². The maximum atomic E-state index is 5.38. The van der Waals surface area contributed by atoms with Crippen molar-refractivity contribution in [3.63, 3.8) is 0 Å². The normalized spacial score (nSPS) is 10.7. The molecule has 0 aliphatic heterocycles. The van der Waals surface area contributed by atoms with E-state index in [1.54, 1.807) is 11.3 Å². The molecule has 23 heavy (non-hydrogen) atoms. The second-order valence-corrected chi connectivity index (χ2v) is 6.99. The number of nitrogens with zero attached hydrogens (tertiary/aromatic N) is 1. The second-order valence-electron chi connectivity index (χ2n) is 5.55. The summed E-state index contributed by atoms with van der Waals surface area (Å²) in [5, 5.41) is 7.74. The number of thiocarbonyl (C=S) groups is 1. The average molecular weight is 342 g/mol. The first kappa shape index (κ1) is 15.9. The summed E-state index contributed by atoms with van der Waals surface area (Å²) >= 11 is 7.00. The molecule has 1 aromatic heterocycles. The highest BCUT2D eigenvalue weighted by atomic mass is 32.1. The zero-order chi connectivity index (χ0) is 16.4. The van der Waals surface area contributed by atoms with Crippen molar-refractivity contribution in [3.05, 3.63) is 53.1 Å². The first-order valence-corrected chi connectivity index (χ1v) is 8.82. The third kappa shape index (κ3) is 3.68. The molecule has 5 heteroatoms. The van der Waals surface area contributed by atoms with E-state index < -0.39 is 0 Å². The summed E-state index contributed by atoms with van der Waals surface area (Å²) in [6, 6.07) is 12.6. The Morgan fingerprint density at radius 2 is 1.78 bits per heavy atom. The number of benzene rings is 2. The Bertz CT molecular complexity index is 812. The Balaban J connectivity index is 1.71. The molecule has 0 bridgehead atoms. The topological polar surface area (TPSA) is 37.0 Å². The van der Waals surface area contributed by atoms with Crippen LogP contribution in [0.1, 0.15) is 23.6 Å². The van der Waals surface area contributed by atoms with Gasteiger partial charge in [-0.2, -0.15) is 0 Å². The first-order valence-electron chi connectivity index (χ1n) is 7.60. The minimum absolute atomic E-state index is 0.557. The molecule has 118 valence electrons. The standard InChI is InChI=1S/C18H19N3S2/c1-4-13-5-7-14(8-6-13)19-17(22)21-18-20-15-9-11(2)12(3)10-16(15)23-18/h5-10H,4H2,1-3H3,(H2,19,20,21,22). The summed E-state index contributed by atoms with van der Waals surface area (Å²) in [4.78, 5) is 4.60. The molecular formula is C18H19N3S2. The lowest BCUT2D eigenvalue weighted by atomic mass is 10.1. The summed E-state index contributed by atoms with van der Waals surface area (Å²) in [7, 11) is 0. The summed E-state index contributed by atoms with van der Waals surface area (Å²) in [6.45, 7) is 6.37. The van der Waals surface area contributed by atoms with Gasteiger partial charge in [0, 0.05) is 5.69 Å². The van der Waals surface area contributed by atoms with Gasteiger partial charge in [-0.1, -0.05) is 30.4 Å². The van der Waals surface area contributed by atoms with E-state index >= 15 is 0 Å². The van der Waals surface area contributed by atoms with Crippen LogP contribution < -0.4 is 10.6 Å². The van der Waals surface area contributed by atoms with Gasteiger partial charge in [0.25, 0.3) is 0 Å². The van der Waals surface area contributed by atoms with E-state index in [2.05, 4.69) is 60.7 Å². The molecule has 0 atom stereocenters. The molecule has 0 saturated heterocycles. The Labute approximate surface area is 145 Å². The van der Waals surface area contributed by atoms with E-state index in [0.29, 0.717) is 5.11 Å². The lowest BCUT2D eigenvalue weighted by Gasteiger charge is -2.08. The van der Waals surface area contributed by atoms with Crippen molar-refractivity contribution in [2.45, 2.75) is 27.2 Å². The monoisotopic (exact) mass is 341 g/mol. The van der Waals surface area contributed by atoms with Gasteiger partial charge >= 0.3 is 0 Å². The van der Waals surface area contributed by atoms with Crippen LogP contribution in [-0.4, -0.2) is 10.1 Å². The Morgan fingerprint density at radius 3 is 2.48 bits per heavy atom. The quantitative estimate of drug-likeness (QED) is 0.635. The smallest absolute Gasteiger partial charge is 0.190 e. The fraction of sp³-hybridized carbons (Fsp3) is 0.222. The van der Waals surface area contributed by atoms with Crippen molar-refractivity contribution in [2.75, 3.05) is 10.6 Å².